The molecule has 6 nitrogen and oxygen atoms in total. The van der Waals surface area contributed by atoms with E-state index in [1.807, 2.05) is 0 Å². The van der Waals surface area contributed by atoms with E-state index < -0.39 is 39.0 Å². The highest BCUT2D eigenvalue weighted by Gasteiger charge is 2.41. The SMILES string of the molecule is N=C1C(=NOS(=O)(=O)c2ccccc2C(F)(F)F)C2C=CC1O2. The highest BCUT2D eigenvalue weighted by Crippen LogP contribution is 2.34. The van der Waals surface area contributed by atoms with Crippen LogP contribution in [-0.2, 0) is 25.3 Å². The van der Waals surface area contributed by atoms with Crippen LogP contribution in [0.1, 0.15) is 5.56 Å². The zero-order chi connectivity index (χ0) is 16.8. The normalized spacial score (nSPS) is 25.3. The third-order valence-corrected chi connectivity index (χ3v) is 4.44. The van der Waals surface area contributed by atoms with E-state index in [-0.39, 0.29) is 11.4 Å². The van der Waals surface area contributed by atoms with Gasteiger partial charge in [-0.3, -0.25) is 4.28 Å². The van der Waals surface area contributed by atoms with Crippen LogP contribution in [0.5, 0.6) is 0 Å². The van der Waals surface area contributed by atoms with Crippen molar-refractivity contribution in [3.63, 3.8) is 0 Å². The molecule has 1 fully saturated rings. The second-order valence-electron chi connectivity index (χ2n) is 4.77. The Kier molecular flexibility index (Phi) is 3.52. The van der Waals surface area contributed by atoms with Crippen LogP contribution >= 0.6 is 0 Å². The van der Waals surface area contributed by atoms with E-state index in [2.05, 4.69) is 9.44 Å². The van der Waals surface area contributed by atoms with Crippen LogP contribution in [0, 0.1) is 5.41 Å². The van der Waals surface area contributed by atoms with Crippen LogP contribution in [0.15, 0.2) is 46.5 Å². The first-order valence-electron chi connectivity index (χ1n) is 6.30. The molecule has 0 aliphatic carbocycles. The lowest BCUT2D eigenvalue weighted by Crippen LogP contribution is -2.24. The van der Waals surface area contributed by atoms with Crippen molar-refractivity contribution in [3.05, 3.63) is 42.0 Å². The lowest BCUT2D eigenvalue weighted by molar-refractivity contribution is -0.140. The molecule has 1 N–H and O–H groups in total. The van der Waals surface area contributed by atoms with Gasteiger partial charge in [-0.15, -0.1) is 0 Å². The van der Waals surface area contributed by atoms with Crippen molar-refractivity contribution in [2.45, 2.75) is 23.3 Å². The molecule has 0 amide bonds. The Bertz CT molecular complexity index is 830. The quantitative estimate of drug-likeness (QED) is 0.671. The van der Waals surface area contributed by atoms with E-state index in [0.717, 1.165) is 18.2 Å². The zero-order valence-corrected chi connectivity index (χ0v) is 12.1. The Morgan fingerprint density at radius 1 is 1.17 bits per heavy atom. The molecular weight excluding hydrogens is 337 g/mol. The summed E-state index contributed by atoms with van der Waals surface area (Å²) in [6, 6.07) is 3.62. The van der Waals surface area contributed by atoms with Crippen molar-refractivity contribution in [1.29, 1.82) is 5.41 Å². The molecular formula is C13H9F3N2O4S. The number of ether oxygens (including phenoxy) is 1. The summed E-state index contributed by atoms with van der Waals surface area (Å²) >= 11 is 0. The van der Waals surface area contributed by atoms with Crippen LogP contribution < -0.4 is 0 Å². The second kappa shape index (κ2) is 5.17. The van der Waals surface area contributed by atoms with Crippen LogP contribution in [0.4, 0.5) is 13.2 Å². The van der Waals surface area contributed by atoms with Crippen molar-refractivity contribution in [1.82, 2.24) is 0 Å². The summed E-state index contributed by atoms with van der Waals surface area (Å²) in [5.74, 6) is 0. The average Bonchev–Trinajstić information content (AvgIpc) is 3.06. The Morgan fingerprint density at radius 2 is 1.83 bits per heavy atom. The molecule has 0 radical (unpaired) electrons. The number of benzene rings is 1. The minimum absolute atomic E-state index is 0.0782. The highest BCUT2D eigenvalue weighted by atomic mass is 32.2. The number of rotatable bonds is 3. The number of alkyl halides is 3. The van der Waals surface area contributed by atoms with E-state index in [4.69, 9.17) is 10.1 Å². The van der Waals surface area contributed by atoms with Gasteiger partial charge in [0.15, 0.2) is 0 Å². The molecule has 0 aromatic heterocycles. The van der Waals surface area contributed by atoms with Gasteiger partial charge in [0.1, 0.15) is 22.8 Å². The van der Waals surface area contributed by atoms with E-state index in [9.17, 15) is 21.6 Å². The topological polar surface area (TPSA) is 88.8 Å². The molecule has 10 heteroatoms. The third kappa shape index (κ3) is 2.75. The summed E-state index contributed by atoms with van der Waals surface area (Å²) in [4.78, 5) is -1.04. The van der Waals surface area contributed by atoms with Crippen LogP contribution in [0.25, 0.3) is 0 Å². The largest absolute Gasteiger partial charge is 0.417 e. The van der Waals surface area contributed by atoms with Crippen molar-refractivity contribution in [2.75, 3.05) is 0 Å². The van der Waals surface area contributed by atoms with Gasteiger partial charge < -0.3 is 10.1 Å². The number of hydrogen-bond acceptors (Lipinski definition) is 6. The van der Waals surface area contributed by atoms with Crippen molar-refractivity contribution in [2.24, 2.45) is 5.16 Å². The molecule has 23 heavy (non-hydrogen) atoms. The zero-order valence-electron chi connectivity index (χ0n) is 11.2. The predicted molar refractivity (Wildman–Crippen MR) is 72.7 cm³/mol. The minimum Gasteiger partial charge on any atom is -0.354 e. The van der Waals surface area contributed by atoms with E-state index in [1.165, 1.54) is 0 Å². The van der Waals surface area contributed by atoms with E-state index in [0.29, 0.717) is 6.07 Å². The molecule has 2 bridgehead atoms. The van der Waals surface area contributed by atoms with E-state index in [1.54, 1.807) is 12.2 Å². The Hall–Kier alpha value is -2.20. The number of oxime groups is 1. The molecule has 1 saturated heterocycles. The van der Waals surface area contributed by atoms with Crippen molar-refractivity contribution < 1.29 is 30.6 Å². The summed E-state index contributed by atoms with van der Waals surface area (Å²) in [7, 11) is -4.79. The summed E-state index contributed by atoms with van der Waals surface area (Å²) in [5.41, 5.74) is -1.51. The van der Waals surface area contributed by atoms with Crippen molar-refractivity contribution in [3.8, 4) is 0 Å². The monoisotopic (exact) mass is 346 g/mol. The molecule has 1 aromatic carbocycles. The summed E-state index contributed by atoms with van der Waals surface area (Å²) in [6.07, 6.45) is -3.06. The predicted octanol–water partition coefficient (Wildman–Crippen LogP) is 2.12. The van der Waals surface area contributed by atoms with Gasteiger partial charge >= 0.3 is 16.3 Å². The fourth-order valence-corrected chi connectivity index (χ4v) is 3.18. The van der Waals surface area contributed by atoms with Crippen molar-refractivity contribution >= 4 is 21.5 Å². The van der Waals surface area contributed by atoms with Gasteiger partial charge in [0, 0.05) is 0 Å². The standard InChI is InChI=1S/C13H9F3N2O4S/c14-13(15,16)7-3-1-2-4-10(7)23(19,20)22-18-12-9-6-5-8(21-9)11(12)17/h1-6,8-9,17H. The number of nitrogens with zero attached hydrogens (tertiary/aromatic N) is 1. The molecule has 0 spiro atoms. The van der Waals surface area contributed by atoms with Gasteiger partial charge in [-0.2, -0.15) is 21.6 Å². The summed E-state index contributed by atoms with van der Waals surface area (Å²) in [5, 5.41) is 11.0. The maximum Gasteiger partial charge on any atom is 0.417 e. The fraction of sp³-hybridized carbons (Fsp3) is 0.231. The Morgan fingerprint density at radius 3 is 2.43 bits per heavy atom. The fourth-order valence-electron chi connectivity index (χ4n) is 2.22. The maximum atomic E-state index is 12.9. The lowest BCUT2D eigenvalue weighted by Gasteiger charge is -2.12. The summed E-state index contributed by atoms with van der Waals surface area (Å²) in [6.45, 7) is 0. The maximum absolute atomic E-state index is 12.9. The molecule has 1 aromatic rings. The summed E-state index contributed by atoms with van der Waals surface area (Å²) < 4.78 is 72.3. The number of fused-ring (bicyclic) bond motifs is 2. The molecule has 0 saturated carbocycles. The number of halogens is 3. The molecule has 3 rings (SSSR count). The Labute approximate surface area is 128 Å². The first-order valence-corrected chi connectivity index (χ1v) is 7.71. The molecule has 2 heterocycles. The minimum atomic E-state index is -4.86. The van der Waals surface area contributed by atoms with Gasteiger partial charge in [0.25, 0.3) is 0 Å². The van der Waals surface area contributed by atoms with Crippen LogP contribution in [0.2, 0.25) is 0 Å². The van der Waals surface area contributed by atoms with Gasteiger partial charge in [-0.25, -0.2) is 0 Å². The molecule has 2 aliphatic rings. The Balaban J connectivity index is 1.92. The first kappa shape index (κ1) is 15.7. The van der Waals surface area contributed by atoms with E-state index >= 15 is 0 Å². The third-order valence-electron chi connectivity index (χ3n) is 3.28. The van der Waals surface area contributed by atoms with Gasteiger partial charge in [-0.1, -0.05) is 29.4 Å². The second-order valence-corrected chi connectivity index (χ2v) is 6.27. The smallest absolute Gasteiger partial charge is 0.354 e. The van der Waals surface area contributed by atoms with Gasteiger partial charge in [0.2, 0.25) is 0 Å². The first-order chi connectivity index (χ1) is 10.7. The average molecular weight is 346 g/mol. The lowest BCUT2D eigenvalue weighted by atomic mass is 10.0. The molecule has 2 unspecified atom stereocenters. The molecule has 2 aliphatic heterocycles. The van der Waals surface area contributed by atoms with Gasteiger partial charge in [-0.05, 0) is 12.1 Å². The molecule has 2 atom stereocenters. The van der Waals surface area contributed by atoms with Crippen LogP contribution in [0.3, 0.4) is 0 Å². The van der Waals surface area contributed by atoms with Gasteiger partial charge in [0.05, 0.1) is 11.3 Å². The number of hydrogen-bond donors (Lipinski definition) is 1. The highest BCUT2D eigenvalue weighted by molar-refractivity contribution is 7.86. The molecule has 122 valence electrons. The van der Waals surface area contributed by atoms with Crippen LogP contribution in [-0.4, -0.2) is 32.0 Å². The number of nitrogens with one attached hydrogen (secondary N) is 1.